The molecule has 2 rings (SSSR count). The number of methoxy groups -OCH3 is 1. The predicted molar refractivity (Wildman–Crippen MR) is 76.5 cm³/mol. The van der Waals surface area contributed by atoms with Crippen molar-refractivity contribution in [3.63, 3.8) is 0 Å². The summed E-state index contributed by atoms with van der Waals surface area (Å²) < 4.78 is 20.7. The molecule has 2 aromatic rings. The van der Waals surface area contributed by atoms with Crippen molar-refractivity contribution < 1.29 is 9.13 Å². The Bertz CT molecular complexity index is 573. The zero-order valence-electron chi connectivity index (χ0n) is 12.3. The number of hydrogen-bond acceptors (Lipinski definition) is 3. The molecule has 0 saturated carbocycles. The first-order valence-corrected chi connectivity index (χ1v) is 6.65. The van der Waals surface area contributed by atoms with Gasteiger partial charge in [0.15, 0.2) is 5.75 Å². The van der Waals surface area contributed by atoms with Crippen LogP contribution in [0.4, 0.5) is 4.39 Å². The van der Waals surface area contributed by atoms with E-state index >= 15 is 0 Å². The number of ether oxygens (including phenoxy) is 1. The van der Waals surface area contributed by atoms with Crippen molar-refractivity contribution in [2.45, 2.75) is 26.4 Å². The second kappa shape index (κ2) is 6.05. The van der Waals surface area contributed by atoms with Crippen LogP contribution in [0.15, 0.2) is 24.4 Å². The van der Waals surface area contributed by atoms with Crippen LogP contribution in [0.2, 0.25) is 0 Å². The summed E-state index contributed by atoms with van der Waals surface area (Å²) in [6.45, 7) is 4.54. The second-order valence-electron chi connectivity index (χ2n) is 4.64. The van der Waals surface area contributed by atoms with Crippen LogP contribution < -0.4 is 10.1 Å². The maximum Gasteiger partial charge on any atom is 0.161 e. The van der Waals surface area contributed by atoms with Gasteiger partial charge >= 0.3 is 0 Å². The number of nitrogens with one attached hydrogen (secondary N) is 1. The summed E-state index contributed by atoms with van der Waals surface area (Å²) >= 11 is 0. The number of hydrogen-bond donors (Lipinski definition) is 1. The summed E-state index contributed by atoms with van der Waals surface area (Å²) in [7, 11) is 3.50. The summed E-state index contributed by atoms with van der Waals surface area (Å²) in [6, 6.07) is 5.04. The largest absolute Gasteiger partial charge is 0.493 e. The van der Waals surface area contributed by atoms with E-state index < -0.39 is 0 Å². The lowest BCUT2D eigenvalue weighted by atomic mass is 10.0. The molecule has 0 amide bonds. The van der Waals surface area contributed by atoms with E-state index in [1.54, 1.807) is 26.3 Å². The summed E-state index contributed by atoms with van der Waals surface area (Å²) in [4.78, 5) is 0. The van der Waals surface area contributed by atoms with Gasteiger partial charge in [0.25, 0.3) is 0 Å². The van der Waals surface area contributed by atoms with Crippen molar-refractivity contribution >= 4 is 0 Å². The molecule has 0 saturated heterocycles. The van der Waals surface area contributed by atoms with Gasteiger partial charge in [0.05, 0.1) is 19.3 Å². The minimum atomic E-state index is -0.195. The van der Waals surface area contributed by atoms with Crippen LogP contribution in [-0.4, -0.2) is 23.9 Å². The molecule has 5 heteroatoms. The van der Waals surface area contributed by atoms with Crippen LogP contribution in [0.1, 0.15) is 29.8 Å². The summed E-state index contributed by atoms with van der Waals surface area (Å²) in [5, 5.41) is 7.57. The lowest BCUT2D eigenvalue weighted by Crippen LogP contribution is -2.22. The van der Waals surface area contributed by atoms with Gasteiger partial charge in [-0.2, -0.15) is 5.10 Å². The minimum Gasteiger partial charge on any atom is -0.493 e. The Morgan fingerprint density at radius 1 is 1.45 bits per heavy atom. The highest BCUT2D eigenvalue weighted by molar-refractivity contribution is 5.38. The normalized spacial score (nSPS) is 12.4. The van der Waals surface area contributed by atoms with E-state index in [-0.39, 0.29) is 11.9 Å². The number of aromatic nitrogens is 2. The van der Waals surface area contributed by atoms with Crippen LogP contribution >= 0.6 is 0 Å². The van der Waals surface area contributed by atoms with Crippen LogP contribution in [-0.2, 0) is 6.54 Å². The van der Waals surface area contributed by atoms with Crippen LogP contribution in [0.3, 0.4) is 0 Å². The highest BCUT2D eigenvalue weighted by Gasteiger charge is 2.22. The molecule has 1 unspecified atom stereocenters. The number of aryl methyl sites for hydroxylation is 2. The molecular weight excluding hydrogens is 257 g/mol. The first-order chi connectivity index (χ1) is 9.62. The van der Waals surface area contributed by atoms with Crippen LogP contribution in [0, 0.1) is 12.7 Å². The number of rotatable bonds is 5. The fourth-order valence-electron chi connectivity index (χ4n) is 2.39. The Balaban J connectivity index is 2.51. The molecule has 1 aromatic carbocycles. The van der Waals surface area contributed by atoms with Gasteiger partial charge in [0.1, 0.15) is 11.5 Å². The van der Waals surface area contributed by atoms with E-state index in [1.807, 2.05) is 24.7 Å². The molecule has 0 aliphatic rings. The lowest BCUT2D eigenvalue weighted by molar-refractivity contribution is 0.401. The predicted octanol–water partition coefficient (Wildman–Crippen LogP) is 2.67. The van der Waals surface area contributed by atoms with Crippen molar-refractivity contribution in [3.05, 3.63) is 47.0 Å². The molecule has 0 fully saturated rings. The molecule has 0 radical (unpaired) electrons. The number of nitrogens with zero attached hydrogens (tertiary/aromatic N) is 2. The average Bonchev–Trinajstić information content (AvgIpc) is 2.86. The zero-order chi connectivity index (χ0) is 14.7. The summed E-state index contributed by atoms with van der Waals surface area (Å²) in [6.07, 6.45) is 1.71. The smallest absolute Gasteiger partial charge is 0.161 e. The Kier molecular flexibility index (Phi) is 4.39. The highest BCUT2D eigenvalue weighted by atomic mass is 19.1. The van der Waals surface area contributed by atoms with Gasteiger partial charge in [0.2, 0.25) is 0 Å². The van der Waals surface area contributed by atoms with E-state index in [2.05, 4.69) is 10.4 Å². The standard InChI is InChI=1S/C15H20FN3O/c1-5-19-15(13(20-4)9-18-19)14(17-3)11-6-7-12(16)10(2)8-11/h6-9,14,17H,5H2,1-4H3. The van der Waals surface area contributed by atoms with Gasteiger partial charge < -0.3 is 10.1 Å². The van der Waals surface area contributed by atoms with Crippen molar-refractivity contribution in [1.29, 1.82) is 0 Å². The third-order valence-corrected chi connectivity index (χ3v) is 3.44. The molecule has 108 valence electrons. The maximum atomic E-state index is 13.4. The molecule has 0 aliphatic heterocycles. The van der Waals surface area contributed by atoms with Gasteiger partial charge in [-0.1, -0.05) is 12.1 Å². The molecule has 0 aliphatic carbocycles. The maximum absolute atomic E-state index is 13.4. The number of halogens is 1. The van der Waals surface area contributed by atoms with Gasteiger partial charge in [-0.05, 0) is 38.1 Å². The van der Waals surface area contributed by atoms with E-state index in [9.17, 15) is 4.39 Å². The fourth-order valence-corrected chi connectivity index (χ4v) is 2.39. The van der Waals surface area contributed by atoms with Crippen molar-refractivity contribution in [2.75, 3.05) is 14.2 Å². The third kappa shape index (κ3) is 2.54. The van der Waals surface area contributed by atoms with Crippen molar-refractivity contribution in [1.82, 2.24) is 15.1 Å². The Morgan fingerprint density at radius 3 is 2.75 bits per heavy atom. The third-order valence-electron chi connectivity index (χ3n) is 3.44. The Labute approximate surface area is 118 Å². The van der Waals surface area contributed by atoms with E-state index in [0.717, 1.165) is 23.6 Å². The monoisotopic (exact) mass is 277 g/mol. The van der Waals surface area contributed by atoms with Gasteiger partial charge in [0, 0.05) is 6.54 Å². The molecule has 4 nitrogen and oxygen atoms in total. The van der Waals surface area contributed by atoms with E-state index in [1.165, 1.54) is 6.07 Å². The topological polar surface area (TPSA) is 39.1 Å². The molecule has 0 spiro atoms. The first kappa shape index (κ1) is 14.5. The van der Waals surface area contributed by atoms with Crippen molar-refractivity contribution in [3.8, 4) is 5.75 Å². The molecule has 1 aromatic heterocycles. The van der Waals surface area contributed by atoms with Gasteiger partial charge in [-0.25, -0.2) is 4.39 Å². The van der Waals surface area contributed by atoms with Crippen LogP contribution in [0.5, 0.6) is 5.75 Å². The molecule has 1 N–H and O–H groups in total. The van der Waals surface area contributed by atoms with Gasteiger partial charge in [-0.15, -0.1) is 0 Å². The highest BCUT2D eigenvalue weighted by Crippen LogP contribution is 2.30. The molecule has 1 atom stereocenters. The number of benzene rings is 1. The molecular formula is C15H20FN3O. The first-order valence-electron chi connectivity index (χ1n) is 6.65. The minimum absolute atomic E-state index is 0.0910. The fraction of sp³-hybridized carbons (Fsp3) is 0.400. The zero-order valence-corrected chi connectivity index (χ0v) is 12.3. The van der Waals surface area contributed by atoms with Crippen LogP contribution in [0.25, 0.3) is 0 Å². The molecule has 0 bridgehead atoms. The van der Waals surface area contributed by atoms with E-state index in [0.29, 0.717) is 5.56 Å². The van der Waals surface area contributed by atoms with Crippen molar-refractivity contribution in [2.24, 2.45) is 0 Å². The summed E-state index contributed by atoms with van der Waals surface area (Å²) in [5.74, 6) is 0.535. The lowest BCUT2D eigenvalue weighted by Gasteiger charge is -2.20. The second-order valence-corrected chi connectivity index (χ2v) is 4.64. The summed E-state index contributed by atoms with van der Waals surface area (Å²) in [5.41, 5.74) is 2.56. The quantitative estimate of drug-likeness (QED) is 0.913. The van der Waals surface area contributed by atoms with Gasteiger partial charge in [-0.3, -0.25) is 4.68 Å². The Morgan fingerprint density at radius 2 is 2.20 bits per heavy atom. The SMILES string of the molecule is CCn1ncc(OC)c1C(NC)c1ccc(F)c(C)c1. The Hall–Kier alpha value is -1.88. The van der Waals surface area contributed by atoms with E-state index in [4.69, 9.17) is 4.74 Å². The average molecular weight is 277 g/mol. The molecule has 1 heterocycles. The molecule has 20 heavy (non-hydrogen) atoms.